The molecule has 156 valence electrons. The Morgan fingerprint density at radius 3 is 2.47 bits per heavy atom. The lowest BCUT2D eigenvalue weighted by Crippen LogP contribution is -2.40. The second-order valence-corrected chi connectivity index (χ2v) is 8.79. The molecule has 1 fully saturated rings. The van der Waals surface area contributed by atoms with Crippen LogP contribution in [-0.4, -0.2) is 54.7 Å². The van der Waals surface area contributed by atoms with Crippen molar-refractivity contribution in [3.8, 4) is 0 Å². The van der Waals surface area contributed by atoms with Gasteiger partial charge in [-0.25, -0.2) is 8.42 Å². The number of hydrogen-bond donors (Lipinski definition) is 1. The lowest BCUT2D eigenvalue weighted by atomic mass is 10.1. The van der Waals surface area contributed by atoms with Crippen molar-refractivity contribution in [2.75, 3.05) is 31.6 Å². The zero-order chi connectivity index (χ0) is 21.0. The third-order valence-electron chi connectivity index (χ3n) is 4.88. The molecule has 3 aromatic rings. The lowest BCUT2D eigenvalue weighted by Gasteiger charge is -2.26. The molecule has 1 aliphatic heterocycles. The Morgan fingerprint density at radius 2 is 1.77 bits per heavy atom. The first kappa shape index (κ1) is 20.3. The standard InChI is InChI=1S/C21H22N4O4S/c26-21(23-20-5-2-1-4-18(20)16-24-11-3-10-22-24)17-6-8-19(9-7-17)30(27,28)25-12-14-29-15-13-25/h1-11H,12-16H2,(H,23,26). The van der Waals surface area contributed by atoms with Crippen LogP contribution in [0.3, 0.4) is 0 Å². The van der Waals surface area contributed by atoms with E-state index >= 15 is 0 Å². The number of carbonyl (C=O) groups excluding carboxylic acids is 1. The van der Waals surface area contributed by atoms with Crippen molar-refractivity contribution in [2.45, 2.75) is 11.4 Å². The number of carbonyl (C=O) groups is 1. The highest BCUT2D eigenvalue weighted by Gasteiger charge is 2.26. The lowest BCUT2D eigenvalue weighted by molar-refractivity contribution is 0.0730. The van der Waals surface area contributed by atoms with Gasteiger partial charge in [0.15, 0.2) is 0 Å². The molecular formula is C21H22N4O4S. The van der Waals surface area contributed by atoms with E-state index in [1.54, 1.807) is 10.9 Å². The van der Waals surface area contributed by atoms with Crippen LogP contribution in [0.2, 0.25) is 0 Å². The van der Waals surface area contributed by atoms with E-state index in [1.165, 1.54) is 28.6 Å². The van der Waals surface area contributed by atoms with Crippen molar-refractivity contribution in [1.82, 2.24) is 14.1 Å². The average molecular weight is 426 g/mol. The number of hydrogen-bond acceptors (Lipinski definition) is 5. The molecule has 0 unspecified atom stereocenters. The van der Waals surface area contributed by atoms with Gasteiger partial charge in [0.2, 0.25) is 10.0 Å². The summed E-state index contributed by atoms with van der Waals surface area (Å²) in [6.45, 7) is 1.96. The summed E-state index contributed by atoms with van der Waals surface area (Å²) in [5.74, 6) is -0.307. The van der Waals surface area contributed by atoms with Gasteiger partial charge in [0.25, 0.3) is 5.91 Å². The number of anilines is 1. The fourth-order valence-corrected chi connectivity index (χ4v) is 4.67. The Bertz CT molecular complexity index is 1110. The van der Waals surface area contributed by atoms with Crippen LogP contribution in [0.5, 0.6) is 0 Å². The second kappa shape index (κ2) is 8.78. The van der Waals surface area contributed by atoms with Gasteiger partial charge >= 0.3 is 0 Å². The molecule has 30 heavy (non-hydrogen) atoms. The molecule has 2 aromatic carbocycles. The summed E-state index contributed by atoms with van der Waals surface area (Å²) in [6, 6.07) is 15.3. The molecule has 8 nitrogen and oxygen atoms in total. The molecule has 1 saturated heterocycles. The Hall–Kier alpha value is -3.01. The third-order valence-corrected chi connectivity index (χ3v) is 6.79. The summed E-state index contributed by atoms with van der Waals surface area (Å²) in [6.07, 6.45) is 3.56. The van der Waals surface area contributed by atoms with E-state index in [9.17, 15) is 13.2 Å². The van der Waals surface area contributed by atoms with Gasteiger partial charge in [-0.1, -0.05) is 18.2 Å². The van der Waals surface area contributed by atoms with Gasteiger partial charge in [-0.2, -0.15) is 9.40 Å². The average Bonchev–Trinajstić information content (AvgIpc) is 3.29. The summed E-state index contributed by atoms with van der Waals surface area (Å²) >= 11 is 0. The molecule has 0 aliphatic carbocycles. The summed E-state index contributed by atoms with van der Waals surface area (Å²) < 4.78 is 33.8. The van der Waals surface area contributed by atoms with Crippen LogP contribution in [0, 0.1) is 0 Å². The number of para-hydroxylation sites is 1. The van der Waals surface area contributed by atoms with Gasteiger partial charge in [-0.05, 0) is 42.0 Å². The minimum atomic E-state index is -3.59. The van der Waals surface area contributed by atoms with Crippen LogP contribution in [0.4, 0.5) is 5.69 Å². The number of sulfonamides is 1. The predicted octanol–water partition coefficient (Wildman–Crippen LogP) is 2.20. The van der Waals surface area contributed by atoms with Gasteiger partial charge in [0.1, 0.15) is 0 Å². The highest BCUT2D eigenvalue weighted by Crippen LogP contribution is 2.20. The van der Waals surface area contributed by atoms with E-state index in [2.05, 4.69) is 10.4 Å². The molecule has 0 bridgehead atoms. The van der Waals surface area contributed by atoms with E-state index in [-0.39, 0.29) is 10.8 Å². The summed E-state index contributed by atoms with van der Waals surface area (Å²) in [5.41, 5.74) is 1.98. The molecule has 0 spiro atoms. The Morgan fingerprint density at radius 1 is 1.03 bits per heavy atom. The Labute approximate surface area is 175 Å². The maximum absolute atomic E-state index is 12.7. The van der Waals surface area contributed by atoms with E-state index in [1.807, 2.05) is 36.5 Å². The molecule has 4 rings (SSSR count). The van der Waals surface area contributed by atoms with Crippen LogP contribution in [-0.2, 0) is 21.3 Å². The number of aromatic nitrogens is 2. The Balaban J connectivity index is 1.48. The van der Waals surface area contributed by atoms with Crippen molar-refractivity contribution < 1.29 is 17.9 Å². The molecule has 1 N–H and O–H groups in total. The van der Waals surface area contributed by atoms with Crippen molar-refractivity contribution in [2.24, 2.45) is 0 Å². The first-order chi connectivity index (χ1) is 14.5. The van der Waals surface area contributed by atoms with Crippen LogP contribution in [0.15, 0.2) is 71.9 Å². The molecule has 1 amide bonds. The van der Waals surface area contributed by atoms with Crippen LogP contribution >= 0.6 is 0 Å². The normalized spacial score (nSPS) is 15.1. The fraction of sp³-hybridized carbons (Fsp3) is 0.238. The van der Waals surface area contributed by atoms with Gasteiger partial charge in [-0.3, -0.25) is 9.48 Å². The largest absolute Gasteiger partial charge is 0.379 e. The SMILES string of the molecule is O=C(Nc1ccccc1Cn1cccn1)c1ccc(S(=O)(=O)N2CCOCC2)cc1. The van der Waals surface area contributed by atoms with Crippen molar-refractivity contribution in [3.05, 3.63) is 78.1 Å². The summed E-state index contributed by atoms with van der Waals surface area (Å²) in [4.78, 5) is 12.9. The van der Waals surface area contributed by atoms with Gasteiger partial charge in [0, 0.05) is 36.7 Å². The topological polar surface area (TPSA) is 93.5 Å². The maximum Gasteiger partial charge on any atom is 0.255 e. The number of nitrogens with one attached hydrogen (secondary N) is 1. The zero-order valence-corrected chi connectivity index (χ0v) is 17.1. The summed E-state index contributed by atoms with van der Waals surface area (Å²) in [7, 11) is -3.59. The van der Waals surface area contributed by atoms with Gasteiger partial charge in [0.05, 0.1) is 24.7 Å². The maximum atomic E-state index is 12.7. The quantitative estimate of drug-likeness (QED) is 0.652. The molecule has 0 atom stereocenters. The van der Waals surface area contributed by atoms with Crippen LogP contribution in [0.1, 0.15) is 15.9 Å². The van der Waals surface area contributed by atoms with Gasteiger partial charge < -0.3 is 10.1 Å². The molecule has 1 aromatic heterocycles. The van der Waals surface area contributed by atoms with E-state index in [0.29, 0.717) is 44.1 Å². The highest BCUT2D eigenvalue weighted by molar-refractivity contribution is 7.89. The number of nitrogens with zero attached hydrogens (tertiary/aromatic N) is 3. The summed E-state index contributed by atoms with van der Waals surface area (Å²) in [5, 5.41) is 7.10. The molecule has 0 radical (unpaired) electrons. The predicted molar refractivity (Wildman–Crippen MR) is 112 cm³/mol. The van der Waals surface area contributed by atoms with E-state index < -0.39 is 10.0 Å². The zero-order valence-electron chi connectivity index (χ0n) is 16.3. The number of benzene rings is 2. The first-order valence-electron chi connectivity index (χ1n) is 9.59. The van der Waals surface area contributed by atoms with Crippen molar-refractivity contribution in [1.29, 1.82) is 0 Å². The van der Waals surface area contributed by atoms with Crippen molar-refractivity contribution >= 4 is 21.6 Å². The Kier molecular flexibility index (Phi) is 5.93. The molecule has 2 heterocycles. The molecule has 1 aliphatic rings. The van der Waals surface area contributed by atoms with Gasteiger partial charge in [-0.15, -0.1) is 0 Å². The molecular weight excluding hydrogens is 404 g/mol. The minimum absolute atomic E-state index is 0.167. The number of morpholine rings is 1. The number of rotatable bonds is 6. The number of ether oxygens (including phenoxy) is 1. The van der Waals surface area contributed by atoms with Crippen LogP contribution in [0.25, 0.3) is 0 Å². The number of amides is 1. The smallest absolute Gasteiger partial charge is 0.255 e. The fourth-order valence-electron chi connectivity index (χ4n) is 3.26. The van der Waals surface area contributed by atoms with E-state index in [0.717, 1.165) is 5.56 Å². The van der Waals surface area contributed by atoms with Crippen LogP contribution < -0.4 is 5.32 Å². The minimum Gasteiger partial charge on any atom is -0.379 e. The monoisotopic (exact) mass is 426 g/mol. The van der Waals surface area contributed by atoms with E-state index in [4.69, 9.17) is 4.74 Å². The molecule has 9 heteroatoms. The first-order valence-corrected chi connectivity index (χ1v) is 11.0. The third kappa shape index (κ3) is 4.43. The molecule has 0 saturated carbocycles. The highest BCUT2D eigenvalue weighted by atomic mass is 32.2. The van der Waals surface area contributed by atoms with Crippen molar-refractivity contribution in [3.63, 3.8) is 0 Å². The second-order valence-electron chi connectivity index (χ2n) is 6.86.